The standard InChI is InChI=1S/C14H28O2/c1-11(2)16-10-14(15)9-7-6-8-12(14)13(3,4)5/h11-12,15H,6-10H2,1-5H3. The molecule has 1 aliphatic rings. The van der Waals surface area contributed by atoms with Gasteiger partial charge in [0.15, 0.2) is 0 Å². The lowest BCUT2D eigenvalue weighted by molar-refractivity contribution is -0.142. The van der Waals surface area contributed by atoms with Gasteiger partial charge in [0.05, 0.1) is 18.3 Å². The zero-order valence-corrected chi connectivity index (χ0v) is 11.5. The van der Waals surface area contributed by atoms with Crippen molar-refractivity contribution in [2.24, 2.45) is 11.3 Å². The van der Waals surface area contributed by atoms with E-state index in [1.54, 1.807) is 0 Å². The molecule has 1 aliphatic carbocycles. The molecular weight excluding hydrogens is 200 g/mol. The van der Waals surface area contributed by atoms with Crippen LogP contribution in [0.25, 0.3) is 0 Å². The fourth-order valence-electron chi connectivity index (χ4n) is 2.95. The van der Waals surface area contributed by atoms with Crippen LogP contribution in [0.5, 0.6) is 0 Å². The largest absolute Gasteiger partial charge is 0.387 e. The third-order valence-electron chi connectivity index (χ3n) is 3.71. The first-order valence-corrected chi connectivity index (χ1v) is 6.60. The van der Waals surface area contributed by atoms with Crippen molar-refractivity contribution in [2.75, 3.05) is 6.61 Å². The highest BCUT2D eigenvalue weighted by Gasteiger charge is 2.45. The molecular formula is C14H28O2. The van der Waals surface area contributed by atoms with Crippen LogP contribution in [0.4, 0.5) is 0 Å². The zero-order valence-electron chi connectivity index (χ0n) is 11.5. The van der Waals surface area contributed by atoms with Gasteiger partial charge in [0.25, 0.3) is 0 Å². The number of ether oxygens (including phenoxy) is 1. The number of aliphatic hydroxyl groups is 1. The van der Waals surface area contributed by atoms with Gasteiger partial charge in [0, 0.05) is 0 Å². The molecule has 1 N–H and O–H groups in total. The molecule has 1 saturated carbocycles. The third-order valence-corrected chi connectivity index (χ3v) is 3.71. The van der Waals surface area contributed by atoms with E-state index in [0.717, 1.165) is 19.3 Å². The van der Waals surface area contributed by atoms with Gasteiger partial charge in [-0.2, -0.15) is 0 Å². The molecule has 0 spiro atoms. The second-order valence-electron chi connectivity index (χ2n) is 6.63. The smallest absolute Gasteiger partial charge is 0.0913 e. The minimum atomic E-state index is -0.610. The molecule has 0 bridgehead atoms. The molecule has 0 aromatic heterocycles. The Bertz CT molecular complexity index is 217. The highest BCUT2D eigenvalue weighted by atomic mass is 16.5. The van der Waals surface area contributed by atoms with Crippen LogP contribution in [-0.4, -0.2) is 23.4 Å². The van der Waals surface area contributed by atoms with E-state index in [1.807, 2.05) is 13.8 Å². The summed E-state index contributed by atoms with van der Waals surface area (Å²) in [5, 5.41) is 10.8. The van der Waals surface area contributed by atoms with Crippen LogP contribution in [0.2, 0.25) is 0 Å². The molecule has 2 atom stereocenters. The van der Waals surface area contributed by atoms with Crippen LogP contribution in [0.15, 0.2) is 0 Å². The predicted octanol–water partition coefficient (Wildman–Crippen LogP) is 3.38. The van der Waals surface area contributed by atoms with Crippen LogP contribution in [0.1, 0.15) is 60.3 Å². The number of hydrogen-bond acceptors (Lipinski definition) is 2. The molecule has 0 saturated heterocycles. The van der Waals surface area contributed by atoms with Crippen LogP contribution in [0, 0.1) is 11.3 Å². The van der Waals surface area contributed by atoms with Crippen LogP contribution >= 0.6 is 0 Å². The summed E-state index contributed by atoms with van der Waals surface area (Å²) in [6, 6.07) is 0. The summed E-state index contributed by atoms with van der Waals surface area (Å²) < 4.78 is 5.66. The predicted molar refractivity (Wildman–Crippen MR) is 67.5 cm³/mol. The topological polar surface area (TPSA) is 29.5 Å². The van der Waals surface area contributed by atoms with Gasteiger partial charge in [0.2, 0.25) is 0 Å². The SMILES string of the molecule is CC(C)OCC1(O)CCCCC1C(C)(C)C. The normalized spacial score (nSPS) is 32.1. The molecule has 0 aromatic rings. The lowest BCUT2D eigenvalue weighted by Crippen LogP contribution is -2.50. The minimum absolute atomic E-state index is 0.162. The van der Waals surface area contributed by atoms with Crippen molar-refractivity contribution in [1.29, 1.82) is 0 Å². The van der Waals surface area contributed by atoms with Crippen molar-refractivity contribution in [3.05, 3.63) is 0 Å². The van der Waals surface area contributed by atoms with Crippen molar-refractivity contribution in [1.82, 2.24) is 0 Å². The first kappa shape index (κ1) is 14.0. The molecule has 0 aliphatic heterocycles. The third kappa shape index (κ3) is 3.46. The monoisotopic (exact) mass is 228 g/mol. The van der Waals surface area contributed by atoms with Crippen molar-refractivity contribution in [3.63, 3.8) is 0 Å². The first-order valence-electron chi connectivity index (χ1n) is 6.60. The molecule has 2 nitrogen and oxygen atoms in total. The minimum Gasteiger partial charge on any atom is -0.387 e. The molecule has 2 heteroatoms. The van der Waals surface area contributed by atoms with Gasteiger partial charge in [-0.1, -0.05) is 33.6 Å². The Balaban J connectivity index is 2.71. The van der Waals surface area contributed by atoms with E-state index < -0.39 is 5.60 Å². The maximum absolute atomic E-state index is 10.8. The maximum atomic E-state index is 10.8. The summed E-state index contributed by atoms with van der Waals surface area (Å²) in [6.07, 6.45) is 4.59. The van der Waals surface area contributed by atoms with E-state index in [4.69, 9.17) is 4.74 Å². The van der Waals surface area contributed by atoms with Crippen molar-refractivity contribution >= 4 is 0 Å². The second kappa shape index (κ2) is 5.05. The van der Waals surface area contributed by atoms with Gasteiger partial charge < -0.3 is 9.84 Å². The van der Waals surface area contributed by atoms with Gasteiger partial charge in [-0.3, -0.25) is 0 Å². The molecule has 1 rings (SSSR count). The Morgan fingerprint density at radius 1 is 1.31 bits per heavy atom. The molecule has 0 aromatic carbocycles. The fourth-order valence-corrected chi connectivity index (χ4v) is 2.95. The quantitative estimate of drug-likeness (QED) is 0.802. The second-order valence-corrected chi connectivity index (χ2v) is 6.63. The van der Waals surface area contributed by atoms with E-state index >= 15 is 0 Å². The van der Waals surface area contributed by atoms with E-state index in [1.165, 1.54) is 6.42 Å². The van der Waals surface area contributed by atoms with Crippen molar-refractivity contribution in [3.8, 4) is 0 Å². The summed E-state index contributed by atoms with van der Waals surface area (Å²) in [6.45, 7) is 11.2. The van der Waals surface area contributed by atoms with Crippen LogP contribution in [0.3, 0.4) is 0 Å². The lowest BCUT2D eigenvalue weighted by Gasteiger charge is -2.46. The highest BCUT2D eigenvalue weighted by Crippen LogP contribution is 2.44. The van der Waals surface area contributed by atoms with E-state index in [9.17, 15) is 5.11 Å². The van der Waals surface area contributed by atoms with E-state index in [0.29, 0.717) is 12.5 Å². The molecule has 96 valence electrons. The van der Waals surface area contributed by atoms with Gasteiger partial charge >= 0.3 is 0 Å². The maximum Gasteiger partial charge on any atom is 0.0913 e. The number of hydrogen-bond donors (Lipinski definition) is 1. The molecule has 0 amide bonds. The Hall–Kier alpha value is -0.0800. The Morgan fingerprint density at radius 3 is 2.44 bits per heavy atom. The van der Waals surface area contributed by atoms with E-state index in [-0.39, 0.29) is 11.5 Å². The average Bonchev–Trinajstić information content (AvgIpc) is 2.14. The van der Waals surface area contributed by atoms with Gasteiger partial charge in [-0.25, -0.2) is 0 Å². The van der Waals surface area contributed by atoms with Gasteiger partial charge in [-0.05, 0) is 38.0 Å². The molecule has 0 heterocycles. The van der Waals surface area contributed by atoms with Crippen LogP contribution in [-0.2, 0) is 4.74 Å². The Morgan fingerprint density at radius 2 is 1.94 bits per heavy atom. The summed E-state index contributed by atoms with van der Waals surface area (Å²) in [5.74, 6) is 0.354. The fraction of sp³-hybridized carbons (Fsp3) is 1.00. The number of rotatable bonds is 3. The van der Waals surface area contributed by atoms with E-state index in [2.05, 4.69) is 20.8 Å². The molecule has 2 unspecified atom stereocenters. The molecule has 0 radical (unpaired) electrons. The Kier molecular flexibility index (Phi) is 4.42. The summed E-state index contributed by atoms with van der Waals surface area (Å²) in [4.78, 5) is 0. The highest BCUT2D eigenvalue weighted by molar-refractivity contribution is 4.95. The zero-order chi connectivity index (χ0) is 12.4. The van der Waals surface area contributed by atoms with Gasteiger partial charge in [-0.15, -0.1) is 0 Å². The van der Waals surface area contributed by atoms with Crippen molar-refractivity contribution in [2.45, 2.75) is 72.0 Å². The van der Waals surface area contributed by atoms with Gasteiger partial charge in [0.1, 0.15) is 0 Å². The van der Waals surface area contributed by atoms with Crippen LogP contribution < -0.4 is 0 Å². The lowest BCUT2D eigenvalue weighted by atomic mass is 9.64. The summed E-state index contributed by atoms with van der Waals surface area (Å²) >= 11 is 0. The summed E-state index contributed by atoms with van der Waals surface area (Å²) in [7, 11) is 0. The Labute approximate surface area is 100 Å². The average molecular weight is 228 g/mol. The molecule has 16 heavy (non-hydrogen) atoms. The molecule has 1 fully saturated rings. The first-order chi connectivity index (χ1) is 7.26. The van der Waals surface area contributed by atoms with Crippen molar-refractivity contribution < 1.29 is 9.84 Å². The summed E-state index contributed by atoms with van der Waals surface area (Å²) in [5.41, 5.74) is -0.448.